The van der Waals surface area contributed by atoms with Crippen LogP contribution in [0.2, 0.25) is 0 Å². The second-order valence-corrected chi connectivity index (χ2v) is 6.19. The average molecular weight is 275 g/mol. The van der Waals surface area contributed by atoms with Gasteiger partial charge in [0.15, 0.2) is 0 Å². The molecule has 100 valence electrons. The maximum absolute atomic E-state index is 5.82. The fourth-order valence-corrected chi connectivity index (χ4v) is 3.60. The Kier molecular flexibility index (Phi) is 2.60. The highest BCUT2D eigenvalue weighted by Gasteiger charge is 2.31. The Morgan fingerprint density at radius 1 is 1.16 bits per heavy atom. The molecule has 2 aromatic heterocycles. The van der Waals surface area contributed by atoms with Gasteiger partial charge in [0.25, 0.3) is 0 Å². The number of nitrogens with zero attached hydrogens (tertiary/aromatic N) is 4. The lowest BCUT2D eigenvalue weighted by molar-refractivity contribution is 0.248. The second-order valence-electron chi connectivity index (χ2n) is 5.30. The number of piperazine rings is 1. The largest absolute Gasteiger partial charge is 0.368 e. The highest BCUT2D eigenvalue weighted by atomic mass is 32.1. The van der Waals surface area contributed by atoms with Gasteiger partial charge in [0.2, 0.25) is 5.95 Å². The fraction of sp³-hybridized carbons (Fsp3) is 0.538. The van der Waals surface area contributed by atoms with E-state index in [1.807, 2.05) is 0 Å². The SMILES string of the molecule is Nc1nc(N2CCN(C3CC3)CC2)c2ccsc2n1. The molecule has 0 atom stereocenters. The molecular weight excluding hydrogens is 258 g/mol. The molecule has 0 radical (unpaired) electrons. The van der Waals surface area contributed by atoms with Crippen molar-refractivity contribution in [2.45, 2.75) is 18.9 Å². The predicted octanol–water partition coefficient (Wildman–Crippen LogP) is 1.56. The molecule has 2 aromatic rings. The molecule has 0 unspecified atom stereocenters. The number of fused-ring (bicyclic) bond motifs is 1. The number of hydrogen-bond donors (Lipinski definition) is 1. The summed E-state index contributed by atoms with van der Waals surface area (Å²) in [5.74, 6) is 1.40. The Balaban J connectivity index is 1.61. The van der Waals surface area contributed by atoms with E-state index in [2.05, 4.69) is 31.2 Å². The maximum Gasteiger partial charge on any atom is 0.223 e. The zero-order chi connectivity index (χ0) is 12.8. The van der Waals surface area contributed by atoms with Crippen LogP contribution in [0.4, 0.5) is 11.8 Å². The average Bonchev–Trinajstić information content (AvgIpc) is 3.17. The van der Waals surface area contributed by atoms with E-state index in [4.69, 9.17) is 5.73 Å². The van der Waals surface area contributed by atoms with Crippen molar-refractivity contribution in [3.63, 3.8) is 0 Å². The first-order valence-corrected chi connectivity index (χ1v) is 7.69. The van der Waals surface area contributed by atoms with Crippen LogP contribution in [0.15, 0.2) is 11.4 Å². The first-order chi connectivity index (χ1) is 9.31. The van der Waals surface area contributed by atoms with Gasteiger partial charge in [-0.05, 0) is 24.3 Å². The zero-order valence-corrected chi connectivity index (χ0v) is 11.6. The molecule has 1 saturated carbocycles. The van der Waals surface area contributed by atoms with E-state index >= 15 is 0 Å². The quantitative estimate of drug-likeness (QED) is 0.901. The Labute approximate surface area is 116 Å². The molecule has 0 amide bonds. The van der Waals surface area contributed by atoms with E-state index in [0.717, 1.165) is 48.3 Å². The Hall–Kier alpha value is -1.40. The standard InChI is InChI=1S/C13H17N5S/c14-13-15-11(10-3-8-19-12(10)16-13)18-6-4-17(5-7-18)9-1-2-9/h3,8-9H,1-2,4-7H2,(H2,14,15,16). The lowest BCUT2D eigenvalue weighted by Crippen LogP contribution is -2.47. The van der Waals surface area contributed by atoms with Crippen LogP contribution in [0, 0.1) is 0 Å². The minimum absolute atomic E-state index is 0.384. The van der Waals surface area contributed by atoms with Crippen molar-refractivity contribution in [2.24, 2.45) is 0 Å². The Morgan fingerprint density at radius 2 is 1.95 bits per heavy atom. The molecule has 2 N–H and O–H groups in total. The van der Waals surface area contributed by atoms with Gasteiger partial charge in [0, 0.05) is 32.2 Å². The minimum atomic E-state index is 0.384. The lowest BCUT2D eigenvalue weighted by atomic mass is 10.2. The third kappa shape index (κ3) is 2.04. The molecule has 1 saturated heterocycles. The van der Waals surface area contributed by atoms with Crippen molar-refractivity contribution in [3.8, 4) is 0 Å². The summed E-state index contributed by atoms with van der Waals surface area (Å²) in [7, 11) is 0. The molecule has 5 nitrogen and oxygen atoms in total. The summed E-state index contributed by atoms with van der Waals surface area (Å²) < 4.78 is 0. The summed E-state index contributed by atoms with van der Waals surface area (Å²) in [5.41, 5.74) is 5.82. The summed E-state index contributed by atoms with van der Waals surface area (Å²) in [6.45, 7) is 4.36. The van der Waals surface area contributed by atoms with Gasteiger partial charge in [-0.2, -0.15) is 4.98 Å². The first kappa shape index (κ1) is 11.4. The molecule has 19 heavy (non-hydrogen) atoms. The van der Waals surface area contributed by atoms with Crippen LogP contribution >= 0.6 is 11.3 Å². The van der Waals surface area contributed by atoms with Crippen LogP contribution in [-0.2, 0) is 0 Å². The van der Waals surface area contributed by atoms with E-state index in [0.29, 0.717) is 5.95 Å². The molecule has 1 aliphatic heterocycles. The van der Waals surface area contributed by atoms with E-state index in [1.54, 1.807) is 11.3 Å². The molecule has 0 bridgehead atoms. The van der Waals surface area contributed by atoms with Crippen LogP contribution in [0.5, 0.6) is 0 Å². The number of thiophene rings is 1. The zero-order valence-electron chi connectivity index (χ0n) is 10.7. The first-order valence-electron chi connectivity index (χ1n) is 6.81. The van der Waals surface area contributed by atoms with Crippen LogP contribution in [0.25, 0.3) is 10.2 Å². The monoisotopic (exact) mass is 275 g/mol. The molecule has 2 aliphatic rings. The molecule has 0 aromatic carbocycles. The number of nitrogens with two attached hydrogens (primary N) is 1. The van der Waals surface area contributed by atoms with Crippen molar-refractivity contribution in [1.82, 2.24) is 14.9 Å². The Morgan fingerprint density at radius 3 is 2.68 bits per heavy atom. The van der Waals surface area contributed by atoms with Gasteiger partial charge in [-0.3, -0.25) is 4.90 Å². The summed E-state index contributed by atoms with van der Waals surface area (Å²) >= 11 is 1.63. The minimum Gasteiger partial charge on any atom is -0.368 e. The molecular formula is C13H17N5S. The molecule has 4 rings (SSSR count). The van der Waals surface area contributed by atoms with Crippen molar-refractivity contribution in [2.75, 3.05) is 36.8 Å². The van der Waals surface area contributed by atoms with Gasteiger partial charge in [-0.15, -0.1) is 11.3 Å². The molecule has 3 heterocycles. The van der Waals surface area contributed by atoms with Gasteiger partial charge in [-0.25, -0.2) is 4.98 Å². The summed E-state index contributed by atoms with van der Waals surface area (Å²) in [6.07, 6.45) is 2.77. The molecule has 6 heteroatoms. The van der Waals surface area contributed by atoms with E-state index in [9.17, 15) is 0 Å². The van der Waals surface area contributed by atoms with Gasteiger partial charge >= 0.3 is 0 Å². The van der Waals surface area contributed by atoms with Crippen LogP contribution in [0.1, 0.15) is 12.8 Å². The molecule has 2 fully saturated rings. The Bertz CT molecular complexity index is 598. The van der Waals surface area contributed by atoms with Crippen molar-refractivity contribution < 1.29 is 0 Å². The topological polar surface area (TPSA) is 58.3 Å². The van der Waals surface area contributed by atoms with Gasteiger partial charge < -0.3 is 10.6 Å². The number of aromatic nitrogens is 2. The summed E-state index contributed by atoms with van der Waals surface area (Å²) in [6, 6.07) is 2.96. The molecule has 0 spiro atoms. The van der Waals surface area contributed by atoms with Crippen LogP contribution in [0.3, 0.4) is 0 Å². The number of rotatable bonds is 2. The predicted molar refractivity (Wildman–Crippen MR) is 78.6 cm³/mol. The van der Waals surface area contributed by atoms with Crippen LogP contribution < -0.4 is 10.6 Å². The van der Waals surface area contributed by atoms with Gasteiger partial charge in [-0.1, -0.05) is 0 Å². The smallest absolute Gasteiger partial charge is 0.223 e. The van der Waals surface area contributed by atoms with Crippen molar-refractivity contribution in [1.29, 1.82) is 0 Å². The highest BCUT2D eigenvalue weighted by Crippen LogP contribution is 2.31. The third-order valence-corrected chi connectivity index (χ3v) is 4.81. The summed E-state index contributed by atoms with van der Waals surface area (Å²) in [5, 5.41) is 3.20. The second kappa shape index (κ2) is 4.31. The lowest BCUT2D eigenvalue weighted by Gasteiger charge is -2.35. The number of nitrogen functional groups attached to an aromatic ring is 1. The third-order valence-electron chi connectivity index (χ3n) is 4.00. The maximum atomic E-state index is 5.82. The molecule has 1 aliphatic carbocycles. The van der Waals surface area contributed by atoms with E-state index in [1.165, 1.54) is 12.8 Å². The van der Waals surface area contributed by atoms with Gasteiger partial charge in [0.05, 0.1) is 5.39 Å². The van der Waals surface area contributed by atoms with Crippen molar-refractivity contribution >= 4 is 33.3 Å². The van der Waals surface area contributed by atoms with Gasteiger partial charge in [0.1, 0.15) is 10.6 Å². The fourth-order valence-electron chi connectivity index (χ4n) is 2.84. The summed E-state index contributed by atoms with van der Waals surface area (Å²) in [4.78, 5) is 14.7. The number of hydrogen-bond acceptors (Lipinski definition) is 6. The van der Waals surface area contributed by atoms with Crippen molar-refractivity contribution in [3.05, 3.63) is 11.4 Å². The highest BCUT2D eigenvalue weighted by molar-refractivity contribution is 7.16. The number of anilines is 2. The van der Waals surface area contributed by atoms with E-state index < -0.39 is 0 Å². The van der Waals surface area contributed by atoms with E-state index in [-0.39, 0.29) is 0 Å². The normalized spacial score (nSPS) is 21.2. The van der Waals surface area contributed by atoms with Crippen LogP contribution in [-0.4, -0.2) is 47.1 Å².